The second-order valence-corrected chi connectivity index (χ2v) is 6.07. The Hall–Kier alpha value is -2.99. The smallest absolute Gasteiger partial charge is 0.407 e. The number of carbonyl (C=O) groups excluding carboxylic acids is 1. The Morgan fingerprint density at radius 3 is 2.68 bits per heavy atom. The number of fused-ring (bicyclic) bond motifs is 1. The minimum atomic E-state index is -0.433. The van der Waals surface area contributed by atoms with Crippen molar-refractivity contribution in [2.75, 3.05) is 13.2 Å². The molecule has 0 aliphatic heterocycles. The summed E-state index contributed by atoms with van der Waals surface area (Å²) >= 11 is 0. The first kappa shape index (κ1) is 21.3. The average Bonchev–Trinajstić information content (AvgIpc) is 3.10. The SMILES string of the molecule is CCOC(=N)c1ccc2[nH]cc(CCNC(=O)OCc3ccccc3)c2c1.Cl. The van der Waals surface area contributed by atoms with Gasteiger partial charge in [-0.05, 0) is 42.7 Å². The Kier molecular flexibility index (Phi) is 7.89. The standard InChI is InChI=1S/C21H23N3O3.ClH/c1-2-26-20(22)16-8-9-19-18(12-16)17(13-24-19)10-11-23-21(25)27-14-15-6-4-3-5-7-15;/h3-9,12-13,22,24H,2,10-11,14H2,1H3,(H,23,25);1H. The summed E-state index contributed by atoms with van der Waals surface area (Å²) in [5, 5.41) is 11.7. The summed E-state index contributed by atoms with van der Waals surface area (Å²) in [6.07, 6.45) is 2.15. The highest BCUT2D eigenvalue weighted by Crippen LogP contribution is 2.20. The maximum atomic E-state index is 11.8. The molecule has 0 bridgehead atoms. The van der Waals surface area contributed by atoms with Crippen LogP contribution >= 0.6 is 12.4 Å². The van der Waals surface area contributed by atoms with E-state index < -0.39 is 6.09 Å². The molecule has 1 aromatic heterocycles. The van der Waals surface area contributed by atoms with Crippen LogP contribution in [0.1, 0.15) is 23.6 Å². The molecule has 0 saturated carbocycles. The first-order chi connectivity index (χ1) is 13.2. The van der Waals surface area contributed by atoms with Gasteiger partial charge in [-0.25, -0.2) is 4.79 Å². The fraction of sp³-hybridized carbons (Fsp3) is 0.238. The number of nitrogens with one attached hydrogen (secondary N) is 3. The monoisotopic (exact) mass is 401 g/mol. The van der Waals surface area contributed by atoms with Gasteiger partial charge in [-0.3, -0.25) is 5.41 Å². The van der Waals surface area contributed by atoms with Crippen molar-refractivity contribution in [3.63, 3.8) is 0 Å². The summed E-state index contributed by atoms with van der Waals surface area (Å²) in [4.78, 5) is 15.1. The number of carbonyl (C=O) groups is 1. The molecule has 0 fully saturated rings. The molecular weight excluding hydrogens is 378 g/mol. The van der Waals surface area contributed by atoms with Crippen LogP contribution in [0.4, 0.5) is 4.79 Å². The third-order valence-electron chi connectivity index (χ3n) is 4.19. The van der Waals surface area contributed by atoms with Crippen molar-refractivity contribution >= 4 is 35.3 Å². The van der Waals surface area contributed by atoms with Gasteiger partial charge in [0.25, 0.3) is 0 Å². The second-order valence-electron chi connectivity index (χ2n) is 6.07. The average molecular weight is 402 g/mol. The van der Waals surface area contributed by atoms with E-state index in [4.69, 9.17) is 14.9 Å². The molecule has 3 rings (SSSR count). The fourth-order valence-electron chi connectivity index (χ4n) is 2.83. The zero-order chi connectivity index (χ0) is 19.1. The molecule has 0 atom stereocenters. The fourth-order valence-corrected chi connectivity index (χ4v) is 2.83. The van der Waals surface area contributed by atoms with Crippen LogP contribution in [-0.2, 0) is 22.5 Å². The van der Waals surface area contributed by atoms with E-state index in [0.29, 0.717) is 19.6 Å². The Morgan fingerprint density at radius 2 is 1.93 bits per heavy atom. The normalized spacial score (nSPS) is 10.2. The zero-order valence-corrected chi connectivity index (χ0v) is 16.5. The highest BCUT2D eigenvalue weighted by atomic mass is 35.5. The molecule has 0 unspecified atom stereocenters. The number of halogens is 1. The number of ether oxygens (including phenoxy) is 2. The predicted octanol–water partition coefficient (Wildman–Crippen LogP) is 4.42. The van der Waals surface area contributed by atoms with E-state index in [2.05, 4.69) is 10.3 Å². The molecule has 6 nitrogen and oxygen atoms in total. The number of H-pyrrole nitrogens is 1. The lowest BCUT2D eigenvalue weighted by Gasteiger charge is -2.07. The lowest BCUT2D eigenvalue weighted by molar-refractivity contribution is 0.140. The van der Waals surface area contributed by atoms with E-state index in [-0.39, 0.29) is 24.9 Å². The largest absolute Gasteiger partial charge is 0.478 e. The number of rotatable bonds is 7. The minimum absolute atomic E-state index is 0. The van der Waals surface area contributed by atoms with Gasteiger partial charge >= 0.3 is 6.09 Å². The molecule has 0 spiro atoms. The van der Waals surface area contributed by atoms with Crippen LogP contribution in [0, 0.1) is 5.41 Å². The van der Waals surface area contributed by atoms with Crippen molar-refractivity contribution < 1.29 is 14.3 Å². The van der Waals surface area contributed by atoms with Crippen LogP contribution in [0.15, 0.2) is 54.7 Å². The number of hydrogen-bond donors (Lipinski definition) is 3. The quantitative estimate of drug-likeness (QED) is 0.404. The maximum Gasteiger partial charge on any atom is 0.407 e. The molecule has 0 radical (unpaired) electrons. The summed E-state index contributed by atoms with van der Waals surface area (Å²) in [5.41, 5.74) is 3.75. The van der Waals surface area contributed by atoms with Crippen LogP contribution < -0.4 is 5.32 Å². The van der Waals surface area contributed by atoms with Crippen molar-refractivity contribution in [1.82, 2.24) is 10.3 Å². The first-order valence-corrected chi connectivity index (χ1v) is 8.93. The van der Waals surface area contributed by atoms with Gasteiger partial charge in [0.1, 0.15) is 6.61 Å². The molecule has 3 aromatic rings. The molecule has 1 amide bonds. The van der Waals surface area contributed by atoms with Gasteiger partial charge in [-0.2, -0.15) is 0 Å². The van der Waals surface area contributed by atoms with Gasteiger partial charge in [0.05, 0.1) is 6.61 Å². The highest BCUT2D eigenvalue weighted by Gasteiger charge is 2.09. The summed E-state index contributed by atoms with van der Waals surface area (Å²) in [6, 6.07) is 15.3. The van der Waals surface area contributed by atoms with Gasteiger partial charge < -0.3 is 19.8 Å². The lowest BCUT2D eigenvalue weighted by atomic mass is 10.1. The third kappa shape index (κ3) is 5.50. The van der Waals surface area contributed by atoms with E-state index in [0.717, 1.165) is 27.6 Å². The summed E-state index contributed by atoms with van der Waals surface area (Å²) < 4.78 is 10.5. The molecule has 2 aromatic carbocycles. The van der Waals surface area contributed by atoms with Gasteiger partial charge in [0.15, 0.2) is 0 Å². The molecule has 0 aliphatic carbocycles. The first-order valence-electron chi connectivity index (χ1n) is 8.93. The summed E-state index contributed by atoms with van der Waals surface area (Å²) in [7, 11) is 0. The molecule has 1 heterocycles. The lowest BCUT2D eigenvalue weighted by Crippen LogP contribution is -2.26. The van der Waals surface area contributed by atoms with Gasteiger partial charge in [-0.1, -0.05) is 30.3 Å². The van der Waals surface area contributed by atoms with E-state index in [1.165, 1.54) is 0 Å². The second kappa shape index (κ2) is 10.4. The number of benzene rings is 2. The van der Waals surface area contributed by atoms with Crippen LogP contribution in [0.3, 0.4) is 0 Å². The third-order valence-corrected chi connectivity index (χ3v) is 4.19. The Bertz CT molecular complexity index is 925. The predicted molar refractivity (Wildman–Crippen MR) is 112 cm³/mol. The number of aromatic nitrogens is 1. The minimum Gasteiger partial charge on any atom is -0.478 e. The number of aromatic amines is 1. The molecule has 28 heavy (non-hydrogen) atoms. The van der Waals surface area contributed by atoms with Crippen molar-refractivity contribution in [3.8, 4) is 0 Å². The van der Waals surface area contributed by atoms with Crippen molar-refractivity contribution in [2.45, 2.75) is 20.0 Å². The van der Waals surface area contributed by atoms with Crippen LogP contribution in [0.5, 0.6) is 0 Å². The zero-order valence-electron chi connectivity index (χ0n) is 15.7. The van der Waals surface area contributed by atoms with Gasteiger partial charge in [-0.15, -0.1) is 12.4 Å². The van der Waals surface area contributed by atoms with Crippen molar-refractivity contribution in [1.29, 1.82) is 5.41 Å². The summed E-state index contributed by atoms with van der Waals surface area (Å²) in [6.45, 7) is 3.04. The molecule has 3 N–H and O–H groups in total. The van der Waals surface area contributed by atoms with Crippen LogP contribution in [0.25, 0.3) is 10.9 Å². The van der Waals surface area contributed by atoms with Gasteiger partial charge in [0.2, 0.25) is 5.90 Å². The Balaban J connectivity index is 0.00000280. The number of hydrogen-bond acceptors (Lipinski definition) is 4. The van der Waals surface area contributed by atoms with E-state index >= 15 is 0 Å². The molecule has 0 saturated heterocycles. The van der Waals surface area contributed by atoms with E-state index in [1.807, 2.05) is 61.7 Å². The Morgan fingerprint density at radius 1 is 1.14 bits per heavy atom. The van der Waals surface area contributed by atoms with Crippen LogP contribution in [-0.4, -0.2) is 30.1 Å². The number of alkyl carbamates (subject to hydrolysis) is 1. The van der Waals surface area contributed by atoms with E-state index in [9.17, 15) is 4.79 Å². The Labute approximate surface area is 170 Å². The molecule has 7 heteroatoms. The molecule has 0 aliphatic rings. The number of amides is 1. The van der Waals surface area contributed by atoms with Crippen molar-refractivity contribution in [3.05, 3.63) is 71.4 Å². The topological polar surface area (TPSA) is 87.2 Å². The van der Waals surface area contributed by atoms with E-state index in [1.54, 1.807) is 0 Å². The molecular formula is C21H24ClN3O3. The maximum absolute atomic E-state index is 11.8. The van der Waals surface area contributed by atoms with Gasteiger partial charge in [0, 0.05) is 29.2 Å². The van der Waals surface area contributed by atoms with Crippen molar-refractivity contribution in [2.24, 2.45) is 0 Å². The highest BCUT2D eigenvalue weighted by molar-refractivity contribution is 5.97. The van der Waals surface area contributed by atoms with Crippen LogP contribution in [0.2, 0.25) is 0 Å². The summed E-state index contributed by atoms with van der Waals surface area (Å²) in [5.74, 6) is 0.161. The molecule has 148 valence electrons.